The number of rotatable bonds is 5. The predicted molar refractivity (Wildman–Crippen MR) is 118 cm³/mol. The minimum Gasteiger partial charge on any atom is -0.490 e. The number of nitrogen functional groups attached to an aromatic ring is 1. The third kappa shape index (κ3) is 4.54. The number of fused-ring (bicyclic) bond motifs is 1. The molecule has 2 aromatic carbocycles. The molecule has 1 fully saturated rings. The summed E-state index contributed by atoms with van der Waals surface area (Å²) in [5.41, 5.74) is 8.11. The van der Waals surface area contributed by atoms with E-state index in [2.05, 4.69) is 37.3 Å². The van der Waals surface area contributed by atoms with Crippen LogP contribution in [0.3, 0.4) is 0 Å². The van der Waals surface area contributed by atoms with Gasteiger partial charge in [-0.05, 0) is 49.2 Å². The Kier molecular flexibility index (Phi) is 5.54. The fraction of sp³-hybridized carbons (Fsp3) is 0.348. The van der Waals surface area contributed by atoms with E-state index in [1.165, 1.54) is 5.56 Å². The van der Waals surface area contributed by atoms with Gasteiger partial charge >= 0.3 is 0 Å². The number of likely N-dealkylation sites (tertiary alicyclic amines) is 1. The predicted octanol–water partition coefficient (Wildman–Crippen LogP) is 3.70. The van der Waals surface area contributed by atoms with Gasteiger partial charge in [0.05, 0.1) is 19.8 Å². The van der Waals surface area contributed by atoms with Crippen LogP contribution in [0.15, 0.2) is 48.5 Å². The summed E-state index contributed by atoms with van der Waals surface area (Å²) in [6.07, 6.45) is 3.10. The van der Waals surface area contributed by atoms with Crippen LogP contribution in [0.5, 0.6) is 11.5 Å². The summed E-state index contributed by atoms with van der Waals surface area (Å²) < 4.78 is 11.7. The molecule has 2 aliphatic rings. The van der Waals surface area contributed by atoms with E-state index in [-0.39, 0.29) is 12.0 Å². The van der Waals surface area contributed by atoms with Gasteiger partial charge in [-0.2, -0.15) is 15.0 Å². The standard InChI is InChI=1S/C23H26N6O2/c24-22-26-21(27-23(28-22)25-17-6-2-1-3-7-17)15-29-11-4-8-18(29)16-9-10-19-20(14-16)31-13-5-12-30-19/h1-3,6-7,9-10,14,18H,4-5,8,11-13,15H2,(H3,24,25,26,27,28)/t18-/m0/s1. The van der Waals surface area contributed by atoms with Crippen molar-refractivity contribution in [3.63, 3.8) is 0 Å². The van der Waals surface area contributed by atoms with Crippen LogP contribution in [-0.4, -0.2) is 39.6 Å². The molecule has 0 bridgehead atoms. The Balaban J connectivity index is 1.34. The van der Waals surface area contributed by atoms with E-state index in [0.29, 0.717) is 31.5 Å². The number of nitrogens with zero attached hydrogens (tertiary/aromatic N) is 4. The maximum atomic E-state index is 5.97. The molecule has 0 radical (unpaired) electrons. The Labute approximate surface area is 181 Å². The topological polar surface area (TPSA) is 98.4 Å². The molecule has 1 atom stereocenters. The molecule has 0 spiro atoms. The van der Waals surface area contributed by atoms with Crippen LogP contribution in [0.2, 0.25) is 0 Å². The lowest BCUT2D eigenvalue weighted by atomic mass is 10.0. The van der Waals surface area contributed by atoms with E-state index in [1.807, 2.05) is 36.4 Å². The van der Waals surface area contributed by atoms with E-state index in [0.717, 1.165) is 43.0 Å². The van der Waals surface area contributed by atoms with Crippen LogP contribution < -0.4 is 20.5 Å². The van der Waals surface area contributed by atoms with Crippen molar-refractivity contribution in [2.45, 2.75) is 31.8 Å². The van der Waals surface area contributed by atoms with E-state index in [9.17, 15) is 0 Å². The van der Waals surface area contributed by atoms with Crippen molar-refractivity contribution in [3.8, 4) is 11.5 Å². The Morgan fingerprint density at radius 2 is 1.81 bits per heavy atom. The second-order valence-electron chi connectivity index (χ2n) is 7.81. The largest absolute Gasteiger partial charge is 0.490 e. The van der Waals surface area contributed by atoms with Crippen LogP contribution in [-0.2, 0) is 6.54 Å². The monoisotopic (exact) mass is 418 g/mol. The Hall–Kier alpha value is -3.39. The lowest BCUT2D eigenvalue weighted by molar-refractivity contribution is 0.241. The Bertz CT molecular complexity index is 1050. The molecule has 3 aromatic rings. The summed E-state index contributed by atoms with van der Waals surface area (Å²) in [5.74, 6) is 3.00. The molecule has 0 unspecified atom stereocenters. The van der Waals surface area contributed by atoms with Crippen LogP contribution in [0.1, 0.15) is 36.7 Å². The summed E-state index contributed by atoms with van der Waals surface area (Å²) in [4.78, 5) is 15.6. The highest BCUT2D eigenvalue weighted by Crippen LogP contribution is 2.38. The first-order chi connectivity index (χ1) is 15.2. The van der Waals surface area contributed by atoms with Gasteiger partial charge in [0.25, 0.3) is 0 Å². The van der Waals surface area contributed by atoms with E-state index >= 15 is 0 Å². The number of nitrogens with one attached hydrogen (secondary N) is 1. The summed E-state index contributed by atoms with van der Waals surface area (Å²) in [7, 11) is 0. The second-order valence-corrected chi connectivity index (χ2v) is 7.81. The molecule has 3 N–H and O–H groups in total. The zero-order chi connectivity index (χ0) is 21.0. The summed E-state index contributed by atoms with van der Waals surface area (Å²) in [6.45, 7) is 2.97. The summed E-state index contributed by atoms with van der Waals surface area (Å²) >= 11 is 0. The molecular weight excluding hydrogens is 392 g/mol. The molecule has 31 heavy (non-hydrogen) atoms. The first kappa shape index (κ1) is 19.6. The lowest BCUT2D eigenvalue weighted by Crippen LogP contribution is -2.24. The van der Waals surface area contributed by atoms with Gasteiger partial charge in [0.1, 0.15) is 5.82 Å². The Morgan fingerprint density at radius 1 is 0.968 bits per heavy atom. The molecule has 1 aromatic heterocycles. The molecule has 1 saturated heterocycles. The second kappa shape index (κ2) is 8.77. The van der Waals surface area contributed by atoms with Gasteiger partial charge in [0.15, 0.2) is 11.5 Å². The highest BCUT2D eigenvalue weighted by Gasteiger charge is 2.28. The maximum absolute atomic E-state index is 5.97. The van der Waals surface area contributed by atoms with Crippen molar-refractivity contribution in [3.05, 3.63) is 59.9 Å². The third-order valence-corrected chi connectivity index (χ3v) is 5.59. The SMILES string of the molecule is Nc1nc(CN2CCC[C@H]2c2ccc3c(c2)OCCCO3)nc(Nc2ccccc2)n1. The molecule has 8 heteroatoms. The quantitative estimate of drug-likeness (QED) is 0.647. The minimum absolute atomic E-state index is 0.217. The smallest absolute Gasteiger partial charge is 0.232 e. The van der Waals surface area contributed by atoms with Gasteiger partial charge in [-0.25, -0.2) is 0 Å². The van der Waals surface area contributed by atoms with E-state index in [1.54, 1.807) is 0 Å². The maximum Gasteiger partial charge on any atom is 0.232 e. The summed E-state index contributed by atoms with van der Waals surface area (Å²) in [5, 5.41) is 3.20. The Morgan fingerprint density at radius 3 is 2.68 bits per heavy atom. The highest BCUT2D eigenvalue weighted by atomic mass is 16.5. The number of para-hydroxylation sites is 1. The first-order valence-corrected chi connectivity index (χ1v) is 10.7. The zero-order valence-corrected chi connectivity index (χ0v) is 17.3. The fourth-order valence-corrected chi connectivity index (χ4v) is 4.18. The third-order valence-electron chi connectivity index (χ3n) is 5.59. The van der Waals surface area contributed by atoms with Crippen molar-refractivity contribution < 1.29 is 9.47 Å². The number of ether oxygens (including phenoxy) is 2. The molecule has 0 amide bonds. The van der Waals surface area contributed by atoms with Gasteiger partial charge in [0, 0.05) is 18.2 Å². The van der Waals surface area contributed by atoms with Crippen molar-refractivity contribution in [1.82, 2.24) is 19.9 Å². The molecule has 2 aliphatic heterocycles. The molecule has 0 aliphatic carbocycles. The van der Waals surface area contributed by atoms with Gasteiger partial charge in [-0.15, -0.1) is 0 Å². The van der Waals surface area contributed by atoms with E-state index in [4.69, 9.17) is 15.2 Å². The van der Waals surface area contributed by atoms with Crippen LogP contribution in [0.25, 0.3) is 0 Å². The van der Waals surface area contributed by atoms with Gasteiger partial charge in [-0.1, -0.05) is 24.3 Å². The van der Waals surface area contributed by atoms with Crippen molar-refractivity contribution in [2.24, 2.45) is 0 Å². The van der Waals surface area contributed by atoms with Crippen molar-refractivity contribution >= 4 is 17.6 Å². The number of benzene rings is 2. The normalized spacial score (nSPS) is 18.5. The average molecular weight is 419 g/mol. The number of aromatic nitrogens is 3. The average Bonchev–Trinajstić information content (AvgIpc) is 3.09. The number of nitrogens with two attached hydrogens (primary N) is 1. The molecular formula is C23H26N6O2. The summed E-state index contributed by atoms with van der Waals surface area (Å²) in [6, 6.07) is 16.4. The highest BCUT2D eigenvalue weighted by molar-refractivity contribution is 5.53. The van der Waals surface area contributed by atoms with Crippen LogP contribution >= 0.6 is 0 Å². The van der Waals surface area contributed by atoms with Crippen LogP contribution in [0, 0.1) is 0 Å². The first-order valence-electron chi connectivity index (χ1n) is 10.7. The van der Waals surface area contributed by atoms with Crippen molar-refractivity contribution in [2.75, 3.05) is 30.8 Å². The zero-order valence-electron chi connectivity index (χ0n) is 17.3. The lowest BCUT2D eigenvalue weighted by Gasteiger charge is -2.25. The number of hydrogen-bond acceptors (Lipinski definition) is 8. The molecule has 8 nitrogen and oxygen atoms in total. The number of anilines is 3. The van der Waals surface area contributed by atoms with Gasteiger partial charge in [-0.3, -0.25) is 4.90 Å². The fourth-order valence-electron chi connectivity index (χ4n) is 4.18. The van der Waals surface area contributed by atoms with Crippen LogP contribution in [0.4, 0.5) is 17.6 Å². The van der Waals surface area contributed by atoms with E-state index < -0.39 is 0 Å². The van der Waals surface area contributed by atoms with Gasteiger partial charge in [0.2, 0.25) is 11.9 Å². The number of hydrogen-bond donors (Lipinski definition) is 2. The van der Waals surface area contributed by atoms with Crippen molar-refractivity contribution in [1.29, 1.82) is 0 Å². The molecule has 5 rings (SSSR count). The molecule has 3 heterocycles. The molecule has 0 saturated carbocycles. The molecule has 160 valence electrons. The van der Waals surface area contributed by atoms with Gasteiger partial charge < -0.3 is 20.5 Å². The minimum atomic E-state index is 0.217.